The van der Waals surface area contributed by atoms with Gasteiger partial charge in [-0.15, -0.1) is 0 Å². The second kappa shape index (κ2) is 5.53. The molecule has 3 rings (SSSR count). The average molecular weight is 304 g/mol. The third-order valence-corrected chi connectivity index (χ3v) is 4.21. The topological polar surface area (TPSA) is 46.9 Å². The summed E-state index contributed by atoms with van der Waals surface area (Å²) in [7, 11) is 0. The van der Waals surface area contributed by atoms with Crippen LogP contribution in [0.4, 0.5) is 5.69 Å². The van der Waals surface area contributed by atoms with Crippen molar-refractivity contribution in [2.24, 2.45) is 0 Å². The van der Waals surface area contributed by atoms with E-state index in [9.17, 15) is 4.79 Å². The molecule has 2 aromatic rings. The van der Waals surface area contributed by atoms with Gasteiger partial charge >= 0.3 is 0 Å². The predicted octanol–water partition coefficient (Wildman–Crippen LogP) is 3.06. The highest BCUT2D eigenvalue weighted by Crippen LogP contribution is 2.26. The van der Waals surface area contributed by atoms with E-state index in [1.807, 2.05) is 13.8 Å². The van der Waals surface area contributed by atoms with Crippen molar-refractivity contribution in [1.82, 2.24) is 9.78 Å². The number of hydrogen-bond donors (Lipinski definition) is 1. The minimum absolute atomic E-state index is 0.000199. The first-order valence-electron chi connectivity index (χ1n) is 7.17. The minimum Gasteiger partial charge on any atom is -0.379 e. The zero-order chi connectivity index (χ0) is 15.0. The Bertz CT molecular complexity index is 699. The zero-order valence-corrected chi connectivity index (χ0v) is 12.9. The van der Waals surface area contributed by atoms with Crippen molar-refractivity contribution in [3.8, 4) is 0 Å². The van der Waals surface area contributed by atoms with Gasteiger partial charge < -0.3 is 5.32 Å². The summed E-state index contributed by atoms with van der Waals surface area (Å²) in [6.45, 7) is 3.82. The van der Waals surface area contributed by atoms with Crippen LogP contribution >= 0.6 is 11.6 Å². The largest absolute Gasteiger partial charge is 0.379 e. The maximum atomic E-state index is 12.2. The smallest absolute Gasteiger partial charge is 0.287 e. The summed E-state index contributed by atoms with van der Waals surface area (Å²) in [6.07, 6.45) is 3.53. The normalized spacial score (nSPS) is 14.5. The summed E-state index contributed by atoms with van der Waals surface area (Å²) in [5.41, 5.74) is 3.09. The predicted molar refractivity (Wildman–Crippen MR) is 85.2 cm³/mol. The van der Waals surface area contributed by atoms with E-state index in [2.05, 4.69) is 34.7 Å². The van der Waals surface area contributed by atoms with E-state index in [4.69, 9.17) is 11.6 Å². The van der Waals surface area contributed by atoms with Gasteiger partial charge in [0.25, 0.3) is 5.56 Å². The molecule has 1 N–H and O–H groups in total. The molecule has 4 nitrogen and oxygen atoms in total. The number of rotatable bonds is 3. The Kier molecular flexibility index (Phi) is 3.72. The monoisotopic (exact) mass is 303 g/mol. The van der Waals surface area contributed by atoms with Crippen LogP contribution in [0.15, 0.2) is 35.3 Å². The maximum Gasteiger partial charge on any atom is 0.287 e. The summed E-state index contributed by atoms with van der Waals surface area (Å²) in [5, 5.41) is 7.76. The summed E-state index contributed by atoms with van der Waals surface area (Å²) >= 11 is 6.20. The molecule has 110 valence electrons. The fourth-order valence-electron chi connectivity index (χ4n) is 2.79. The molecule has 0 unspecified atom stereocenters. The molecule has 0 amide bonds. The molecule has 0 saturated heterocycles. The van der Waals surface area contributed by atoms with Gasteiger partial charge in [-0.3, -0.25) is 4.79 Å². The molecule has 0 fully saturated rings. The van der Waals surface area contributed by atoms with E-state index in [0.717, 1.165) is 12.8 Å². The number of aromatic nitrogens is 2. The first-order valence-corrected chi connectivity index (χ1v) is 7.54. The highest BCUT2D eigenvalue weighted by molar-refractivity contribution is 6.32. The lowest BCUT2D eigenvalue weighted by Gasteiger charge is -2.16. The van der Waals surface area contributed by atoms with Crippen molar-refractivity contribution in [3.05, 3.63) is 57.0 Å². The van der Waals surface area contributed by atoms with E-state index < -0.39 is 0 Å². The van der Waals surface area contributed by atoms with Crippen LogP contribution in [0.1, 0.15) is 31.0 Å². The number of fused-ring (bicyclic) bond motifs is 1. The summed E-state index contributed by atoms with van der Waals surface area (Å²) in [6, 6.07) is 8.66. The molecule has 1 aromatic heterocycles. The van der Waals surface area contributed by atoms with Gasteiger partial charge in [0.2, 0.25) is 0 Å². The molecule has 0 bridgehead atoms. The maximum absolute atomic E-state index is 12.2. The van der Waals surface area contributed by atoms with Crippen molar-refractivity contribution in [2.45, 2.75) is 38.8 Å². The quantitative estimate of drug-likeness (QED) is 0.948. The van der Waals surface area contributed by atoms with Crippen molar-refractivity contribution in [3.63, 3.8) is 0 Å². The van der Waals surface area contributed by atoms with Crippen LogP contribution in [-0.4, -0.2) is 15.8 Å². The SMILES string of the molecule is CC(C)n1ncc(NC2Cc3ccccc3C2)c(Cl)c1=O. The number of benzene rings is 1. The molecule has 0 saturated carbocycles. The second-order valence-electron chi connectivity index (χ2n) is 5.73. The fourth-order valence-corrected chi connectivity index (χ4v) is 2.98. The minimum atomic E-state index is -0.243. The van der Waals surface area contributed by atoms with Crippen LogP contribution in [0.25, 0.3) is 0 Å². The van der Waals surface area contributed by atoms with Gasteiger partial charge in [0.15, 0.2) is 0 Å². The zero-order valence-electron chi connectivity index (χ0n) is 12.1. The number of halogens is 1. The van der Waals surface area contributed by atoms with E-state index in [-0.39, 0.29) is 22.7 Å². The van der Waals surface area contributed by atoms with E-state index >= 15 is 0 Å². The van der Waals surface area contributed by atoms with E-state index in [1.165, 1.54) is 15.8 Å². The van der Waals surface area contributed by atoms with Gasteiger partial charge in [0.05, 0.1) is 17.9 Å². The Morgan fingerprint density at radius 2 is 1.90 bits per heavy atom. The average Bonchev–Trinajstić information content (AvgIpc) is 2.86. The molecule has 1 aliphatic rings. The molecule has 0 spiro atoms. The van der Waals surface area contributed by atoms with Crippen LogP contribution < -0.4 is 10.9 Å². The lowest BCUT2D eigenvalue weighted by Crippen LogP contribution is -2.28. The van der Waals surface area contributed by atoms with Gasteiger partial charge in [-0.2, -0.15) is 5.10 Å². The number of anilines is 1. The molecule has 5 heteroatoms. The first kappa shape index (κ1) is 14.1. The molecular formula is C16H18ClN3O. The van der Waals surface area contributed by atoms with Gasteiger partial charge in [-0.05, 0) is 37.8 Å². The van der Waals surface area contributed by atoms with E-state index in [0.29, 0.717) is 5.69 Å². The number of nitrogens with one attached hydrogen (secondary N) is 1. The number of nitrogens with zero attached hydrogens (tertiary/aromatic N) is 2. The number of hydrogen-bond acceptors (Lipinski definition) is 3. The molecule has 0 radical (unpaired) electrons. The Labute approximate surface area is 128 Å². The molecule has 21 heavy (non-hydrogen) atoms. The lowest BCUT2D eigenvalue weighted by molar-refractivity contribution is 0.503. The second-order valence-corrected chi connectivity index (χ2v) is 6.11. The first-order chi connectivity index (χ1) is 10.1. The van der Waals surface area contributed by atoms with E-state index in [1.54, 1.807) is 6.20 Å². The van der Waals surface area contributed by atoms with Crippen LogP contribution in [-0.2, 0) is 12.8 Å². The lowest BCUT2D eigenvalue weighted by atomic mass is 10.1. The molecule has 0 aliphatic heterocycles. The van der Waals surface area contributed by atoms with Crippen molar-refractivity contribution in [1.29, 1.82) is 0 Å². The van der Waals surface area contributed by atoms with Crippen LogP contribution in [0, 0.1) is 0 Å². The Hall–Kier alpha value is -1.81. The Balaban J connectivity index is 1.81. The van der Waals surface area contributed by atoms with Crippen LogP contribution in [0.3, 0.4) is 0 Å². The molecular weight excluding hydrogens is 286 g/mol. The van der Waals surface area contributed by atoms with Crippen molar-refractivity contribution < 1.29 is 0 Å². The highest BCUT2D eigenvalue weighted by Gasteiger charge is 2.22. The summed E-state index contributed by atoms with van der Waals surface area (Å²) in [5.74, 6) is 0. The molecule has 0 atom stereocenters. The summed E-state index contributed by atoms with van der Waals surface area (Å²) < 4.78 is 1.40. The third-order valence-electron chi connectivity index (χ3n) is 3.84. The van der Waals surface area contributed by atoms with Crippen LogP contribution in [0.5, 0.6) is 0 Å². The van der Waals surface area contributed by atoms with Crippen molar-refractivity contribution in [2.75, 3.05) is 5.32 Å². The van der Waals surface area contributed by atoms with Crippen molar-refractivity contribution >= 4 is 17.3 Å². The fraction of sp³-hybridized carbons (Fsp3) is 0.375. The highest BCUT2D eigenvalue weighted by atomic mass is 35.5. The van der Waals surface area contributed by atoms with Gasteiger partial charge in [-0.1, -0.05) is 35.9 Å². The Morgan fingerprint density at radius 1 is 1.29 bits per heavy atom. The molecule has 1 aromatic carbocycles. The summed E-state index contributed by atoms with van der Waals surface area (Å²) in [4.78, 5) is 12.2. The van der Waals surface area contributed by atoms with Gasteiger partial charge in [-0.25, -0.2) is 4.68 Å². The van der Waals surface area contributed by atoms with Gasteiger partial charge in [0.1, 0.15) is 5.02 Å². The third kappa shape index (κ3) is 2.68. The molecule has 1 aliphatic carbocycles. The van der Waals surface area contributed by atoms with Gasteiger partial charge in [0, 0.05) is 6.04 Å². The standard InChI is InChI=1S/C16H18ClN3O/c1-10(2)20-16(21)15(17)14(9-18-20)19-13-7-11-5-3-4-6-12(11)8-13/h3-6,9-10,13,19H,7-8H2,1-2H3. The molecule has 1 heterocycles. The Morgan fingerprint density at radius 3 is 2.48 bits per heavy atom. The van der Waals surface area contributed by atoms with Crippen LogP contribution in [0.2, 0.25) is 5.02 Å².